The monoisotopic (exact) mass is 331 g/mol. The van der Waals surface area contributed by atoms with Gasteiger partial charge >= 0.3 is 5.92 Å². The third-order valence-electron chi connectivity index (χ3n) is 4.28. The predicted octanol–water partition coefficient (Wildman–Crippen LogP) is 4.59. The predicted molar refractivity (Wildman–Crippen MR) is 88.7 cm³/mol. The van der Waals surface area contributed by atoms with Crippen LogP contribution in [0.3, 0.4) is 0 Å². The maximum Gasteiger partial charge on any atom is 0.307 e. The molecule has 0 N–H and O–H groups in total. The van der Waals surface area contributed by atoms with Crippen molar-refractivity contribution in [2.24, 2.45) is 4.99 Å². The zero-order chi connectivity index (χ0) is 16.4. The van der Waals surface area contributed by atoms with Crippen molar-refractivity contribution in [1.29, 1.82) is 0 Å². The van der Waals surface area contributed by atoms with E-state index in [0.717, 1.165) is 27.9 Å². The van der Waals surface area contributed by atoms with Crippen LogP contribution in [0, 0.1) is 6.92 Å². The third-order valence-corrected chi connectivity index (χ3v) is 5.26. The molecule has 118 valence electrons. The van der Waals surface area contributed by atoms with Gasteiger partial charge in [-0.05, 0) is 49.9 Å². The van der Waals surface area contributed by atoms with Crippen molar-refractivity contribution < 1.29 is 8.78 Å². The summed E-state index contributed by atoms with van der Waals surface area (Å²) in [6, 6.07) is 7.62. The first-order chi connectivity index (χ1) is 10.8. The van der Waals surface area contributed by atoms with Crippen LogP contribution in [-0.2, 0) is 5.92 Å². The molecule has 0 unspecified atom stereocenters. The molecule has 1 aliphatic heterocycles. The summed E-state index contributed by atoms with van der Waals surface area (Å²) in [6.07, 6.45) is 1.66. The fourth-order valence-electron chi connectivity index (χ4n) is 2.88. The average Bonchev–Trinajstić information content (AvgIpc) is 3.10. The zero-order valence-corrected chi connectivity index (χ0v) is 13.8. The summed E-state index contributed by atoms with van der Waals surface area (Å²) in [5, 5.41) is 1.69. The van der Waals surface area contributed by atoms with E-state index < -0.39 is 11.5 Å². The topological polar surface area (TPSA) is 30.2 Å². The van der Waals surface area contributed by atoms with E-state index in [4.69, 9.17) is 0 Å². The van der Waals surface area contributed by atoms with Gasteiger partial charge < -0.3 is 0 Å². The van der Waals surface area contributed by atoms with Crippen LogP contribution in [0.4, 0.5) is 8.78 Å². The number of aryl methyl sites for hydroxylation is 1. The quantitative estimate of drug-likeness (QED) is 0.593. The van der Waals surface area contributed by atoms with Crippen molar-refractivity contribution in [3.05, 3.63) is 52.0 Å². The van der Waals surface area contributed by atoms with Crippen molar-refractivity contribution in [2.45, 2.75) is 32.2 Å². The number of aromatic nitrogens is 2. The largest absolute Gasteiger partial charge is 0.307 e. The van der Waals surface area contributed by atoms with Gasteiger partial charge in [0.15, 0.2) is 0 Å². The van der Waals surface area contributed by atoms with Crippen molar-refractivity contribution in [2.75, 3.05) is 0 Å². The number of hydrogen-bond acceptors (Lipinski definition) is 3. The van der Waals surface area contributed by atoms with Crippen LogP contribution in [0.15, 0.2) is 41.0 Å². The number of rotatable bonds is 0. The van der Waals surface area contributed by atoms with E-state index >= 15 is 0 Å². The minimum atomic E-state index is -2.98. The molecule has 3 nitrogen and oxygen atoms in total. The number of halogens is 2. The van der Waals surface area contributed by atoms with Gasteiger partial charge in [-0.25, -0.2) is 4.98 Å². The van der Waals surface area contributed by atoms with E-state index in [9.17, 15) is 8.78 Å². The molecule has 3 aromatic rings. The lowest BCUT2D eigenvalue weighted by atomic mass is 9.90. The number of hydrogen-bond donors (Lipinski definition) is 0. The van der Waals surface area contributed by atoms with Crippen LogP contribution in [0.1, 0.15) is 29.9 Å². The first kappa shape index (κ1) is 14.5. The van der Waals surface area contributed by atoms with Crippen molar-refractivity contribution in [3.8, 4) is 0 Å². The van der Waals surface area contributed by atoms with Gasteiger partial charge in [-0.1, -0.05) is 6.07 Å². The Bertz CT molecular complexity index is 950. The number of alkyl halides is 2. The average molecular weight is 331 g/mol. The van der Waals surface area contributed by atoms with Crippen LogP contribution < -0.4 is 0 Å². The molecule has 0 saturated carbocycles. The minimum absolute atomic E-state index is 0.0708. The highest BCUT2D eigenvalue weighted by atomic mass is 32.1. The summed E-state index contributed by atoms with van der Waals surface area (Å²) < 4.78 is 31.1. The fourth-order valence-corrected chi connectivity index (χ4v) is 3.90. The molecule has 0 bridgehead atoms. The summed E-state index contributed by atoms with van der Waals surface area (Å²) >= 11 is 1.08. The second kappa shape index (κ2) is 4.47. The van der Waals surface area contributed by atoms with E-state index in [1.807, 2.05) is 25.1 Å². The molecule has 1 aliphatic rings. The van der Waals surface area contributed by atoms with Gasteiger partial charge in [-0.15, -0.1) is 11.3 Å². The van der Waals surface area contributed by atoms with E-state index in [-0.39, 0.29) is 4.88 Å². The van der Waals surface area contributed by atoms with Crippen molar-refractivity contribution in [3.63, 3.8) is 0 Å². The lowest BCUT2D eigenvalue weighted by Crippen LogP contribution is -2.44. The van der Waals surface area contributed by atoms with Gasteiger partial charge in [0.25, 0.3) is 0 Å². The zero-order valence-electron chi connectivity index (χ0n) is 13.0. The van der Waals surface area contributed by atoms with Gasteiger partial charge in [0.2, 0.25) is 0 Å². The number of fused-ring (bicyclic) bond motifs is 2. The number of thiophene rings is 1. The van der Waals surface area contributed by atoms with Gasteiger partial charge in [-0.2, -0.15) is 8.78 Å². The second-order valence-electron chi connectivity index (χ2n) is 6.34. The molecule has 0 atom stereocenters. The molecule has 23 heavy (non-hydrogen) atoms. The summed E-state index contributed by atoms with van der Waals surface area (Å²) in [4.78, 5) is 8.86. The maximum absolute atomic E-state index is 14.7. The smallest absolute Gasteiger partial charge is 0.283 e. The lowest BCUT2D eigenvalue weighted by Gasteiger charge is -2.35. The Balaban J connectivity index is 2.00. The molecule has 1 aromatic carbocycles. The number of benzene rings is 1. The summed E-state index contributed by atoms with van der Waals surface area (Å²) in [5.74, 6) is -2.45. The van der Waals surface area contributed by atoms with Gasteiger partial charge in [0.1, 0.15) is 17.7 Å². The van der Waals surface area contributed by atoms with E-state index in [2.05, 4.69) is 9.98 Å². The highest BCUT2D eigenvalue weighted by Gasteiger charge is 2.54. The summed E-state index contributed by atoms with van der Waals surface area (Å²) in [5.41, 5.74) is 1.80. The van der Waals surface area contributed by atoms with Crippen LogP contribution in [0.2, 0.25) is 0 Å². The Morgan fingerprint density at radius 1 is 1.17 bits per heavy atom. The molecule has 6 heteroatoms. The normalized spacial score (nSPS) is 18.7. The Labute approximate surface area is 136 Å². The third kappa shape index (κ3) is 1.91. The van der Waals surface area contributed by atoms with Gasteiger partial charge in [0.05, 0.1) is 15.9 Å². The molecule has 0 aliphatic carbocycles. The number of imidazole rings is 1. The molecular formula is C17H15F2N3S. The number of aliphatic imine (C=N–C) groups is 1. The van der Waals surface area contributed by atoms with Crippen molar-refractivity contribution >= 4 is 28.2 Å². The Kier molecular flexibility index (Phi) is 2.82. The van der Waals surface area contributed by atoms with E-state index in [1.165, 1.54) is 13.8 Å². The molecule has 0 spiro atoms. The van der Waals surface area contributed by atoms with Crippen LogP contribution in [0.5, 0.6) is 0 Å². The molecule has 3 heterocycles. The second-order valence-corrected chi connectivity index (χ2v) is 7.26. The molecular weight excluding hydrogens is 316 g/mol. The molecule has 2 aromatic heterocycles. The molecule has 0 saturated heterocycles. The van der Waals surface area contributed by atoms with Crippen LogP contribution in [-0.4, -0.2) is 20.9 Å². The Morgan fingerprint density at radius 3 is 2.74 bits per heavy atom. The van der Waals surface area contributed by atoms with Crippen LogP contribution >= 0.6 is 11.3 Å². The first-order valence-electron chi connectivity index (χ1n) is 7.31. The van der Waals surface area contributed by atoms with Gasteiger partial charge in [-0.3, -0.25) is 9.56 Å². The van der Waals surface area contributed by atoms with E-state index in [0.29, 0.717) is 11.4 Å². The SMILES string of the molecule is Cc1ccc2c(c1)ncn2C1=NC(C)(C)C(F)(F)c2sccc21. The standard InChI is InChI=1S/C17H15F2N3S/c1-10-4-5-13-12(8-10)20-9-22(13)15-11-6-7-23-14(11)17(18,19)16(2,3)21-15/h4-9H,1-3H3. The fraction of sp³-hybridized carbons (Fsp3) is 0.294. The van der Waals surface area contributed by atoms with Crippen LogP contribution in [0.25, 0.3) is 11.0 Å². The Morgan fingerprint density at radius 2 is 1.96 bits per heavy atom. The highest BCUT2D eigenvalue weighted by molar-refractivity contribution is 7.10. The molecule has 0 fully saturated rings. The molecule has 0 amide bonds. The molecule has 0 radical (unpaired) electrons. The first-order valence-corrected chi connectivity index (χ1v) is 8.19. The minimum Gasteiger partial charge on any atom is -0.283 e. The number of nitrogens with zero attached hydrogens (tertiary/aromatic N) is 3. The van der Waals surface area contributed by atoms with E-state index in [1.54, 1.807) is 22.3 Å². The van der Waals surface area contributed by atoms with Crippen molar-refractivity contribution in [1.82, 2.24) is 9.55 Å². The lowest BCUT2D eigenvalue weighted by molar-refractivity contribution is -0.0649. The summed E-state index contributed by atoms with van der Waals surface area (Å²) in [6.45, 7) is 4.94. The molecule has 4 rings (SSSR count). The summed E-state index contributed by atoms with van der Waals surface area (Å²) in [7, 11) is 0. The highest BCUT2D eigenvalue weighted by Crippen LogP contribution is 2.48. The van der Waals surface area contributed by atoms with Gasteiger partial charge in [0, 0.05) is 5.56 Å². The maximum atomic E-state index is 14.7. The Hall–Kier alpha value is -2.08.